The fourth-order valence-electron chi connectivity index (χ4n) is 7.29. The van der Waals surface area contributed by atoms with Crippen molar-refractivity contribution in [3.05, 3.63) is 78.7 Å². The molecule has 3 heterocycles. The van der Waals surface area contributed by atoms with Gasteiger partial charge in [-0.05, 0) is 53.8 Å². The van der Waals surface area contributed by atoms with E-state index in [9.17, 15) is 9.90 Å². The zero-order valence-corrected chi connectivity index (χ0v) is 33.7. The standard InChI is InChI=1S/C25H22NSi2.C15H28O2.Ir/c1-27(2)19-10-7-11-20-22(19)23-21(27)14-15-26-24(23)18-13-12-16-8-5-6-9-17(16)25(18)28(20,3)4;1-7-14(5,8-2)12(16)11-13(17)15(6,9-3)10-4;/h5-12,14-15H,1-4H3;11,16H,7-10H2,1-6H3;/q-1;;/b;12-11-;. The van der Waals surface area contributed by atoms with E-state index < -0.39 is 16.1 Å². The molecule has 0 unspecified atom stereocenters. The monoisotopic (exact) mass is 825 g/mol. The average Bonchev–Trinajstić information content (AvgIpc) is 3.24. The Morgan fingerprint density at radius 2 is 1.37 bits per heavy atom. The van der Waals surface area contributed by atoms with Gasteiger partial charge in [0, 0.05) is 43.2 Å². The molecule has 6 heteroatoms. The zero-order valence-electron chi connectivity index (χ0n) is 29.3. The van der Waals surface area contributed by atoms with Gasteiger partial charge in [-0.2, -0.15) is 0 Å². The Kier molecular flexibility index (Phi) is 10.3. The van der Waals surface area contributed by atoms with Crippen LogP contribution in [0.2, 0.25) is 26.2 Å². The van der Waals surface area contributed by atoms with E-state index in [0.717, 1.165) is 31.4 Å². The van der Waals surface area contributed by atoms with Crippen molar-refractivity contribution in [3.8, 4) is 22.4 Å². The van der Waals surface area contributed by atoms with Gasteiger partial charge in [0.15, 0.2) is 5.78 Å². The molecule has 0 bridgehead atoms. The van der Waals surface area contributed by atoms with Gasteiger partial charge in [-0.3, -0.25) is 4.79 Å². The molecule has 46 heavy (non-hydrogen) atoms. The summed E-state index contributed by atoms with van der Waals surface area (Å²) in [5, 5.41) is 19.0. The second-order valence-electron chi connectivity index (χ2n) is 14.6. The summed E-state index contributed by atoms with van der Waals surface area (Å²) < 4.78 is 0. The summed E-state index contributed by atoms with van der Waals surface area (Å²) in [6.07, 6.45) is 6.78. The molecule has 2 aliphatic rings. The maximum Gasteiger partial charge on any atom is 0.164 e. The number of benzene rings is 3. The smallest absolute Gasteiger partial charge is 0.164 e. The van der Waals surface area contributed by atoms with Crippen LogP contribution in [0.5, 0.6) is 0 Å². The quantitative estimate of drug-likeness (QED) is 0.0884. The molecule has 245 valence electrons. The molecule has 0 fully saturated rings. The Hall–Kier alpha value is -2.64. The molecule has 1 radical (unpaired) electrons. The van der Waals surface area contributed by atoms with Gasteiger partial charge in [-0.1, -0.05) is 131 Å². The first kappa shape index (κ1) is 36.2. The molecule has 4 aromatic rings. The van der Waals surface area contributed by atoms with E-state index in [4.69, 9.17) is 4.98 Å². The average molecular weight is 825 g/mol. The molecule has 0 spiro atoms. The SMILES string of the molecule is CCC(C)(CC)C(=O)/C=C(\O)C(C)(CC)CC.C[Si]1(C)c2cccc3c2-c2c1ccnc2-c1[c-]cc2ccccc2c1[Si]3(C)C.[Ir]. The van der Waals surface area contributed by atoms with Crippen LogP contribution < -0.4 is 20.7 Å². The van der Waals surface area contributed by atoms with Gasteiger partial charge in [-0.25, -0.2) is 0 Å². The predicted molar refractivity (Wildman–Crippen MR) is 198 cm³/mol. The first-order valence-corrected chi connectivity index (χ1v) is 22.8. The molecule has 1 aromatic heterocycles. The van der Waals surface area contributed by atoms with Crippen molar-refractivity contribution in [2.45, 2.75) is 93.4 Å². The topological polar surface area (TPSA) is 50.2 Å². The number of aliphatic hydroxyl groups excluding tert-OH is 1. The van der Waals surface area contributed by atoms with E-state index in [1.54, 1.807) is 15.6 Å². The summed E-state index contributed by atoms with van der Waals surface area (Å²) in [6.45, 7) is 22.1. The Morgan fingerprint density at radius 3 is 1.98 bits per heavy atom. The Bertz CT molecular complexity index is 1820. The van der Waals surface area contributed by atoms with Crippen LogP contribution in [0.15, 0.2) is 72.6 Å². The number of rotatable bonds is 7. The van der Waals surface area contributed by atoms with Crippen molar-refractivity contribution >= 4 is 53.5 Å². The van der Waals surface area contributed by atoms with Gasteiger partial charge < -0.3 is 10.1 Å². The Labute approximate surface area is 292 Å². The second kappa shape index (κ2) is 13.1. The van der Waals surface area contributed by atoms with E-state index in [1.807, 2.05) is 47.7 Å². The van der Waals surface area contributed by atoms with Crippen LogP contribution in [0.1, 0.15) is 67.2 Å². The summed E-state index contributed by atoms with van der Waals surface area (Å²) in [5.74, 6) is 0.286. The molecule has 0 saturated heterocycles. The van der Waals surface area contributed by atoms with E-state index in [1.165, 1.54) is 38.7 Å². The third kappa shape index (κ3) is 5.63. The Balaban J connectivity index is 0.000000234. The van der Waals surface area contributed by atoms with Gasteiger partial charge in [-0.15, -0.1) is 22.9 Å². The van der Waals surface area contributed by atoms with Crippen LogP contribution in [-0.4, -0.2) is 32.0 Å². The molecule has 1 N–H and O–H groups in total. The summed E-state index contributed by atoms with van der Waals surface area (Å²) in [6, 6.07) is 24.0. The van der Waals surface area contributed by atoms with Crippen LogP contribution >= 0.6 is 0 Å². The first-order valence-electron chi connectivity index (χ1n) is 16.8. The van der Waals surface area contributed by atoms with Gasteiger partial charge in [0.1, 0.15) is 13.8 Å². The van der Waals surface area contributed by atoms with Crippen LogP contribution in [0, 0.1) is 16.9 Å². The van der Waals surface area contributed by atoms with E-state index in [2.05, 4.69) is 86.9 Å². The minimum Gasteiger partial charge on any atom is -0.512 e. The van der Waals surface area contributed by atoms with Gasteiger partial charge in [0.05, 0.1) is 8.07 Å². The van der Waals surface area contributed by atoms with Crippen molar-refractivity contribution in [1.29, 1.82) is 0 Å². The van der Waals surface area contributed by atoms with E-state index in [-0.39, 0.29) is 42.5 Å². The number of carbonyl (C=O) groups excluding carboxylic acids is 1. The van der Waals surface area contributed by atoms with Crippen molar-refractivity contribution in [2.24, 2.45) is 10.8 Å². The summed E-state index contributed by atoms with van der Waals surface area (Å²) in [4.78, 5) is 17.1. The summed E-state index contributed by atoms with van der Waals surface area (Å²) in [5.41, 5.74) is 4.72. The second-order valence-corrected chi connectivity index (χ2v) is 23.2. The van der Waals surface area contributed by atoms with E-state index in [0.29, 0.717) is 0 Å². The van der Waals surface area contributed by atoms with Crippen molar-refractivity contribution in [1.82, 2.24) is 4.98 Å². The third-order valence-corrected chi connectivity index (χ3v) is 18.7. The number of pyridine rings is 1. The number of hydrogen-bond acceptors (Lipinski definition) is 3. The molecular weight excluding hydrogens is 775 g/mol. The maximum atomic E-state index is 12.2. The van der Waals surface area contributed by atoms with Crippen molar-refractivity contribution in [3.63, 3.8) is 0 Å². The maximum absolute atomic E-state index is 12.2. The number of carbonyl (C=O) groups is 1. The normalized spacial score (nSPS) is 15.6. The first-order chi connectivity index (χ1) is 21.2. The number of ketones is 1. The molecular formula is C40H50IrNO2Si2-. The molecule has 0 aliphatic carbocycles. The van der Waals surface area contributed by atoms with Gasteiger partial charge >= 0.3 is 0 Å². The molecule has 6 rings (SSSR count). The Morgan fingerprint density at radius 1 is 0.804 bits per heavy atom. The number of nitrogens with zero attached hydrogens (tertiary/aromatic N) is 1. The fraction of sp³-hybridized carbons (Fsp3) is 0.400. The number of fused-ring (bicyclic) bond motifs is 4. The minimum absolute atomic E-state index is 0. The molecule has 0 amide bonds. The predicted octanol–water partition coefficient (Wildman–Crippen LogP) is 8.29. The molecule has 3 aromatic carbocycles. The molecule has 2 aliphatic heterocycles. The fourth-order valence-corrected chi connectivity index (χ4v) is 13.9. The number of hydrogen-bond donors (Lipinski definition) is 1. The van der Waals surface area contributed by atoms with E-state index >= 15 is 0 Å². The van der Waals surface area contributed by atoms with Crippen LogP contribution in [0.25, 0.3) is 33.2 Å². The zero-order chi connectivity index (χ0) is 32.9. The van der Waals surface area contributed by atoms with Gasteiger partial charge in [0.25, 0.3) is 0 Å². The minimum atomic E-state index is -1.95. The number of aliphatic hydroxyl groups is 1. The summed E-state index contributed by atoms with van der Waals surface area (Å²) >= 11 is 0. The summed E-state index contributed by atoms with van der Waals surface area (Å²) in [7, 11) is -3.65. The van der Waals surface area contributed by atoms with Crippen LogP contribution in [0.4, 0.5) is 0 Å². The number of aromatic nitrogens is 1. The van der Waals surface area contributed by atoms with Gasteiger partial charge in [0.2, 0.25) is 0 Å². The van der Waals surface area contributed by atoms with Crippen LogP contribution in [0.3, 0.4) is 0 Å². The third-order valence-electron chi connectivity index (χ3n) is 11.6. The van der Waals surface area contributed by atoms with Crippen molar-refractivity contribution in [2.75, 3.05) is 0 Å². The molecule has 0 atom stereocenters. The van der Waals surface area contributed by atoms with Crippen LogP contribution in [-0.2, 0) is 24.9 Å². The molecule has 0 saturated carbocycles. The van der Waals surface area contributed by atoms with Crippen molar-refractivity contribution < 1.29 is 30.0 Å². The molecule has 3 nitrogen and oxygen atoms in total. The largest absolute Gasteiger partial charge is 0.512 e. The number of allylic oxidation sites excluding steroid dienone is 2.